The zero-order valence-corrected chi connectivity index (χ0v) is 14.6. The molecule has 1 aromatic carbocycles. The third-order valence-corrected chi connectivity index (χ3v) is 4.13. The van der Waals surface area contributed by atoms with Crippen molar-refractivity contribution in [3.63, 3.8) is 0 Å². The fraction of sp³-hybridized carbons (Fsp3) is 0.235. The molecule has 0 amide bonds. The highest BCUT2D eigenvalue weighted by Crippen LogP contribution is 2.38. The molecule has 7 nitrogen and oxygen atoms in total. The molecule has 0 spiro atoms. The van der Waals surface area contributed by atoms with Crippen LogP contribution in [0, 0.1) is 5.82 Å². The zero-order chi connectivity index (χ0) is 19.4. The molecule has 0 aliphatic carbocycles. The van der Waals surface area contributed by atoms with Gasteiger partial charge in [0, 0.05) is 22.7 Å². The largest absolute Gasteiger partial charge is 0.506 e. The second-order valence-corrected chi connectivity index (χ2v) is 5.66. The van der Waals surface area contributed by atoms with Crippen molar-refractivity contribution < 1.29 is 28.6 Å². The summed E-state index contributed by atoms with van der Waals surface area (Å²) in [4.78, 5) is 38.2. The van der Waals surface area contributed by atoms with Crippen LogP contribution >= 0.6 is 11.6 Å². The zero-order valence-electron chi connectivity index (χ0n) is 13.8. The maximum atomic E-state index is 14.4. The average Bonchev–Trinajstić information content (AvgIpc) is 2.60. The standard InChI is InChI=1S/C17H15ClFNO6/c1-25-12(21)6-8(13-10(18)4-3-5-11(13)19)14-15(22)9(17(24)26-2)7-20-16(14)23/h3-5,7-8H,6H2,1-2H3,(H2,20,22,23)/t8-/m1/s1. The van der Waals surface area contributed by atoms with Gasteiger partial charge in [-0.15, -0.1) is 0 Å². The van der Waals surface area contributed by atoms with E-state index in [2.05, 4.69) is 14.5 Å². The third kappa shape index (κ3) is 3.70. The molecule has 2 N–H and O–H groups in total. The van der Waals surface area contributed by atoms with Gasteiger partial charge in [0.05, 0.1) is 26.2 Å². The molecule has 9 heteroatoms. The lowest BCUT2D eigenvalue weighted by molar-refractivity contribution is -0.140. The van der Waals surface area contributed by atoms with Crippen LogP contribution in [0.4, 0.5) is 4.39 Å². The number of H-pyrrole nitrogens is 1. The molecular formula is C17H15ClFNO6. The van der Waals surface area contributed by atoms with E-state index in [4.69, 9.17) is 11.6 Å². The van der Waals surface area contributed by atoms with Gasteiger partial charge in [-0.05, 0) is 12.1 Å². The van der Waals surface area contributed by atoms with Crippen molar-refractivity contribution in [2.24, 2.45) is 0 Å². The summed E-state index contributed by atoms with van der Waals surface area (Å²) >= 11 is 6.06. The molecule has 26 heavy (non-hydrogen) atoms. The molecule has 0 bridgehead atoms. The van der Waals surface area contributed by atoms with Crippen molar-refractivity contribution in [2.75, 3.05) is 14.2 Å². The van der Waals surface area contributed by atoms with Gasteiger partial charge >= 0.3 is 11.9 Å². The molecule has 138 valence electrons. The summed E-state index contributed by atoms with van der Waals surface area (Å²) < 4.78 is 23.5. The van der Waals surface area contributed by atoms with Gasteiger partial charge in [0.15, 0.2) is 0 Å². The summed E-state index contributed by atoms with van der Waals surface area (Å²) in [7, 11) is 2.21. The number of hydrogen-bond donors (Lipinski definition) is 2. The summed E-state index contributed by atoms with van der Waals surface area (Å²) in [5, 5.41) is 10.4. The maximum Gasteiger partial charge on any atom is 0.343 e. The van der Waals surface area contributed by atoms with E-state index in [9.17, 15) is 23.9 Å². The molecule has 0 aliphatic heterocycles. The van der Waals surface area contributed by atoms with Gasteiger partial charge in [0.2, 0.25) is 0 Å². The van der Waals surface area contributed by atoms with Crippen LogP contribution < -0.4 is 5.56 Å². The molecule has 0 saturated carbocycles. The van der Waals surface area contributed by atoms with Crippen LogP contribution in [0.25, 0.3) is 0 Å². The normalized spacial score (nSPS) is 11.7. The van der Waals surface area contributed by atoms with E-state index in [0.29, 0.717) is 0 Å². The number of halogens is 2. The number of esters is 2. The predicted octanol–water partition coefficient (Wildman–Crippen LogP) is 2.35. The molecule has 1 aromatic heterocycles. The minimum absolute atomic E-state index is 0.0545. The lowest BCUT2D eigenvalue weighted by atomic mass is 9.87. The number of aromatic amines is 1. The first-order valence-electron chi connectivity index (χ1n) is 7.35. The Bertz CT molecular complexity index is 890. The van der Waals surface area contributed by atoms with Gasteiger partial charge in [0.1, 0.15) is 17.1 Å². The molecule has 2 rings (SSSR count). The number of pyridine rings is 1. The van der Waals surface area contributed by atoms with Crippen molar-refractivity contribution in [3.8, 4) is 5.75 Å². The van der Waals surface area contributed by atoms with Crippen LogP contribution in [0.2, 0.25) is 5.02 Å². The number of carbonyl (C=O) groups excluding carboxylic acids is 2. The number of aromatic hydroxyl groups is 1. The first-order valence-corrected chi connectivity index (χ1v) is 7.73. The molecule has 1 atom stereocenters. The van der Waals surface area contributed by atoms with Crippen molar-refractivity contribution in [1.29, 1.82) is 0 Å². The van der Waals surface area contributed by atoms with E-state index >= 15 is 0 Å². The van der Waals surface area contributed by atoms with Crippen LogP contribution in [0.1, 0.15) is 33.8 Å². The quantitative estimate of drug-likeness (QED) is 0.768. The SMILES string of the molecule is COC(=O)C[C@H](c1c(F)cccc1Cl)c1c(O)c(C(=O)OC)c[nH]c1=O. The Morgan fingerprint density at radius 3 is 2.54 bits per heavy atom. The fourth-order valence-corrected chi connectivity index (χ4v) is 2.86. The molecule has 1 heterocycles. The lowest BCUT2D eigenvalue weighted by Crippen LogP contribution is -2.23. The van der Waals surface area contributed by atoms with E-state index in [0.717, 1.165) is 26.5 Å². The number of rotatable bonds is 5. The number of ether oxygens (including phenoxy) is 2. The van der Waals surface area contributed by atoms with E-state index in [-0.39, 0.29) is 16.1 Å². The highest BCUT2D eigenvalue weighted by Gasteiger charge is 2.31. The monoisotopic (exact) mass is 383 g/mol. The minimum Gasteiger partial charge on any atom is -0.506 e. The summed E-state index contributed by atoms with van der Waals surface area (Å²) in [6.45, 7) is 0. The number of hydrogen-bond acceptors (Lipinski definition) is 6. The van der Waals surface area contributed by atoms with Crippen molar-refractivity contribution in [2.45, 2.75) is 12.3 Å². The first-order chi connectivity index (χ1) is 12.3. The number of benzene rings is 1. The van der Waals surface area contributed by atoms with Crippen LogP contribution in [0.15, 0.2) is 29.2 Å². The molecule has 0 unspecified atom stereocenters. The summed E-state index contributed by atoms with van der Waals surface area (Å²) in [6.07, 6.45) is 0.476. The smallest absolute Gasteiger partial charge is 0.343 e. The lowest BCUT2D eigenvalue weighted by Gasteiger charge is -2.20. The van der Waals surface area contributed by atoms with Gasteiger partial charge < -0.3 is 19.6 Å². The average molecular weight is 384 g/mol. The Labute approximate surface area is 152 Å². The van der Waals surface area contributed by atoms with Gasteiger partial charge in [-0.1, -0.05) is 17.7 Å². The second kappa shape index (κ2) is 8.01. The Hall–Kier alpha value is -2.87. The molecular weight excluding hydrogens is 369 g/mol. The van der Waals surface area contributed by atoms with Gasteiger partial charge in [0.25, 0.3) is 5.56 Å². The van der Waals surface area contributed by atoms with Crippen LogP contribution in [0.3, 0.4) is 0 Å². The number of methoxy groups -OCH3 is 2. The van der Waals surface area contributed by atoms with Gasteiger partial charge in [-0.3, -0.25) is 9.59 Å². The summed E-state index contributed by atoms with van der Waals surface area (Å²) in [5.41, 5.74) is -1.74. The predicted molar refractivity (Wildman–Crippen MR) is 90.0 cm³/mol. The summed E-state index contributed by atoms with van der Waals surface area (Å²) in [6, 6.07) is 3.83. The van der Waals surface area contributed by atoms with Crippen LogP contribution in [-0.2, 0) is 14.3 Å². The molecule has 2 aromatic rings. The van der Waals surface area contributed by atoms with E-state index in [1.165, 1.54) is 12.1 Å². The first kappa shape index (κ1) is 19.5. The maximum absolute atomic E-state index is 14.4. The van der Waals surface area contributed by atoms with Crippen molar-refractivity contribution >= 4 is 23.5 Å². The Morgan fingerprint density at radius 2 is 1.96 bits per heavy atom. The minimum atomic E-state index is -1.29. The molecule has 0 radical (unpaired) electrons. The van der Waals surface area contributed by atoms with Crippen molar-refractivity contribution in [1.82, 2.24) is 4.98 Å². The van der Waals surface area contributed by atoms with Gasteiger partial charge in [-0.25, -0.2) is 9.18 Å². The van der Waals surface area contributed by atoms with Crippen LogP contribution in [0.5, 0.6) is 5.75 Å². The van der Waals surface area contributed by atoms with Gasteiger partial charge in [-0.2, -0.15) is 0 Å². The number of carbonyl (C=O) groups is 2. The highest BCUT2D eigenvalue weighted by molar-refractivity contribution is 6.31. The van der Waals surface area contributed by atoms with Crippen molar-refractivity contribution in [3.05, 3.63) is 62.3 Å². The Morgan fingerprint density at radius 1 is 1.27 bits per heavy atom. The number of nitrogens with one attached hydrogen (secondary N) is 1. The third-order valence-electron chi connectivity index (χ3n) is 3.80. The Kier molecular flexibility index (Phi) is 5.99. The highest BCUT2D eigenvalue weighted by atomic mass is 35.5. The van der Waals surface area contributed by atoms with E-state index in [1.54, 1.807) is 0 Å². The Balaban J connectivity index is 2.77. The number of aromatic nitrogens is 1. The molecule has 0 fully saturated rings. The fourth-order valence-electron chi connectivity index (χ4n) is 2.57. The van der Waals surface area contributed by atoms with Crippen LogP contribution in [-0.4, -0.2) is 36.2 Å². The topological polar surface area (TPSA) is 106 Å². The molecule has 0 saturated heterocycles. The van der Waals surface area contributed by atoms with E-state index < -0.39 is 47.0 Å². The summed E-state index contributed by atoms with van der Waals surface area (Å²) in [5.74, 6) is -4.49. The second-order valence-electron chi connectivity index (χ2n) is 5.25. The molecule has 0 aliphatic rings. The van der Waals surface area contributed by atoms with E-state index in [1.807, 2.05) is 0 Å².